The second kappa shape index (κ2) is 7.09. The Morgan fingerprint density at radius 1 is 1.24 bits per heavy atom. The summed E-state index contributed by atoms with van der Waals surface area (Å²) in [7, 11) is 5.71. The molecule has 1 aromatic carbocycles. The third-order valence-electron chi connectivity index (χ3n) is 3.37. The van der Waals surface area contributed by atoms with Gasteiger partial charge in [-0.2, -0.15) is 0 Å². The molecule has 112 valence electrons. The average Bonchev–Trinajstić information content (AvgIpc) is 2.47. The second-order valence-electron chi connectivity index (χ2n) is 5.17. The molecule has 0 aliphatic rings. The van der Waals surface area contributed by atoms with E-state index in [-0.39, 0.29) is 0 Å². The third kappa shape index (κ3) is 3.95. The lowest BCUT2D eigenvalue weighted by molar-refractivity contribution is 0.409. The van der Waals surface area contributed by atoms with Crippen LogP contribution in [0.1, 0.15) is 16.8 Å². The zero-order valence-electron chi connectivity index (χ0n) is 13.2. The van der Waals surface area contributed by atoms with Gasteiger partial charge in [-0.05, 0) is 37.7 Å². The molecule has 0 unspecified atom stereocenters. The number of rotatable bonds is 6. The number of pyridine rings is 1. The van der Waals surface area contributed by atoms with E-state index >= 15 is 0 Å². The molecule has 4 heteroatoms. The van der Waals surface area contributed by atoms with Gasteiger partial charge in [-0.15, -0.1) is 0 Å². The van der Waals surface area contributed by atoms with E-state index in [4.69, 9.17) is 4.74 Å². The van der Waals surface area contributed by atoms with Gasteiger partial charge in [-0.1, -0.05) is 18.2 Å². The van der Waals surface area contributed by atoms with Crippen LogP contribution in [0.25, 0.3) is 0 Å². The molecular formula is C17H23N3O. The predicted molar refractivity (Wildman–Crippen MR) is 86.8 cm³/mol. The van der Waals surface area contributed by atoms with Crippen LogP contribution in [0.3, 0.4) is 0 Å². The first kappa shape index (κ1) is 15.3. The Labute approximate surface area is 126 Å². The number of nitrogens with one attached hydrogen (secondary N) is 1. The van der Waals surface area contributed by atoms with Crippen LogP contribution < -0.4 is 15.0 Å². The SMILES string of the molecule is CNCc1cc(C)nc(N(C)Cc2ccccc2OC)c1. The number of anilines is 1. The number of para-hydroxylation sites is 1. The normalized spacial score (nSPS) is 10.5. The number of ether oxygens (including phenoxy) is 1. The van der Waals surface area contributed by atoms with E-state index in [1.165, 1.54) is 5.56 Å². The summed E-state index contributed by atoms with van der Waals surface area (Å²) in [5, 5.41) is 3.18. The van der Waals surface area contributed by atoms with E-state index in [0.717, 1.165) is 35.9 Å². The van der Waals surface area contributed by atoms with Crippen molar-refractivity contribution in [1.29, 1.82) is 0 Å². The van der Waals surface area contributed by atoms with Crippen molar-refractivity contribution in [3.05, 3.63) is 53.2 Å². The molecule has 1 N–H and O–H groups in total. The molecule has 1 heterocycles. The lowest BCUT2D eigenvalue weighted by Gasteiger charge is -2.21. The molecule has 0 aliphatic carbocycles. The van der Waals surface area contributed by atoms with Crippen molar-refractivity contribution in [2.75, 3.05) is 26.1 Å². The first-order valence-corrected chi connectivity index (χ1v) is 7.09. The molecule has 0 amide bonds. The van der Waals surface area contributed by atoms with E-state index in [0.29, 0.717) is 0 Å². The minimum atomic E-state index is 0.763. The summed E-state index contributed by atoms with van der Waals surface area (Å²) in [5.74, 6) is 1.89. The first-order chi connectivity index (χ1) is 10.1. The molecule has 4 nitrogen and oxygen atoms in total. The van der Waals surface area contributed by atoms with Crippen molar-refractivity contribution < 1.29 is 4.74 Å². The maximum atomic E-state index is 5.41. The lowest BCUT2D eigenvalue weighted by atomic mass is 10.1. The number of aryl methyl sites for hydroxylation is 1. The molecule has 1 aromatic heterocycles. The minimum absolute atomic E-state index is 0.763. The Kier molecular flexibility index (Phi) is 5.17. The molecule has 0 fully saturated rings. The molecule has 21 heavy (non-hydrogen) atoms. The van der Waals surface area contributed by atoms with Crippen molar-refractivity contribution in [3.63, 3.8) is 0 Å². The zero-order valence-corrected chi connectivity index (χ0v) is 13.2. The molecule has 0 saturated heterocycles. The van der Waals surface area contributed by atoms with Gasteiger partial charge in [-0.3, -0.25) is 0 Å². The fourth-order valence-electron chi connectivity index (χ4n) is 2.39. The maximum Gasteiger partial charge on any atom is 0.129 e. The van der Waals surface area contributed by atoms with Gasteiger partial charge in [0, 0.05) is 31.4 Å². The Balaban J connectivity index is 2.21. The van der Waals surface area contributed by atoms with Crippen LogP contribution in [0.5, 0.6) is 5.75 Å². The van der Waals surface area contributed by atoms with Gasteiger partial charge >= 0.3 is 0 Å². The monoisotopic (exact) mass is 285 g/mol. The maximum absolute atomic E-state index is 5.41. The fourth-order valence-corrected chi connectivity index (χ4v) is 2.39. The summed E-state index contributed by atoms with van der Waals surface area (Å²) in [6, 6.07) is 12.3. The van der Waals surface area contributed by atoms with Crippen LogP contribution in [0.15, 0.2) is 36.4 Å². The number of nitrogens with zero attached hydrogens (tertiary/aromatic N) is 2. The third-order valence-corrected chi connectivity index (χ3v) is 3.37. The Hall–Kier alpha value is -2.07. The van der Waals surface area contributed by atoms with Crippen LogP contribution in [-0.4, -0.2) is 26.2 Å². The number of aromatic nitrogens is 1. The number of methoxy groups -OCH3 is 1. The van der Waals surface area contributed by atoms with Gasteiger partial charge in [0.1, 0.15) is 11.6 Å². The van der Waals surface area contributed by atoms with Gasteiger partial charge in [0.15, 0.2) is 0 Å². The summed E-state index contributed by atoms with van der Waals surface area (Å²) < 4.78 is 5.41. The summed E-state index contributed by atoms with van der Waals surface area (Å²) in [6.07, 6.45) is 0. The summed E-state index contributed by atoms with van der Waals surface area (Å²) in [6.45, 7) is 3.64. The molecule has 0 saturated carbocycles. The fraction of sp³-hybridized carbons (Fsp3) is 0.353. The molecule has 2 rings (SSSR count). The van der Waals surface area contributed by atoms with Crippen molar-refractivity contribution in [2.45, 2.75) is 20.0 Å². The van der Waals surface area contributed by atoms with Gasteiger partial charge in [0.05, 0.1) is 7.11 Å². The highest BCUT2D eigenvalue weighted by Crippen LogP contribution is 2.22. The van der Waals surface area contributed by atoms with Gasteiger partial charge in [-0.25, -0.2) is 4.98 Å². The Bertz CT molecular complexity index is 598. The quantitative estimate of drug-likeness (QED) is 0.885. The number of hydrogen-bond acceptors (Lipinski definition) is 4. The summed E-state index contributed by atoms with van der Waals surface area (Å²) in [4.78, 5) is 6.77. The number of hydrogen-bond donors (Lipinski definition) is 1. The van der Waals surface area contributed by atoms with Gasteiger partial charge in [0.25, 0.3) is 0 Å². The minimum Gasteiger partial charge on any atom is -0.496 e. The molecule has 0 atom stereocenters. The Morgan fingerprint density at radius 3 is 2.71 bits per heavy atom. The van der Waals surface area contributed by atoms with E-state index in [1.807, 2.05) is 32.2 Å². The smallest absolute Gasteiger partial charge is 0.129 e. The summed E-state index contributed by atoms with van der Waals surface area (Å²) >= 11 is 0. The molecule has 0 spiro atoms. The van der Waals surface area contributed by atoms with E-state index in [9.17, 15) is 0 Å². The van der Waals surface area contributed by atoms with E-state index in [1.54, 1.807) is 7.11 Å². The van der Waals surface area contributed by atoms with Gasteiger partial charge < -0.3 is 15.0 Å². The van der Waals surface area contributed by atoms with Crippen LogP contribution in [0, 0.1) is 6.92 Å². The first-order valence-electron chi connectivity index (χ1n) is 7.09. The largest absolute Gasteiger partial charge is 0.496 e. The second-order valence-corrected chi connectivity index (χ2v) is 5.17. The highest BCUT2D eigenvalue weighted by molar-refractivity contribution is 5.44. The molecular weight excluding hydrogens is 262 g/mol. The number of benzene rings is 1. The predicted octanol–water partition coefficient (Wildman–Crippen LogP) is 2.75. The average molecular weight is 285 g/mol. The van der Waals surface area contributed by atoms with Crippen molar-refractivity contribution in [2.24, 2.45) is 0 Å². The zero-order chi connectivity index (χ0) is 15.2. The molecule has 0 radical (unpaired) electrons. The highest BCUT2D eigenvalue weighted by atomic mass is 16.5. The standard InChI is InChI=1S/C17H23N3O/c1-13-9-14(11-18-2)10-17(19-13)20(3)12-15-7-5-6-8-16(15)21-4/h5-10,18H,11-12H2,1-4H3. The van der Waals surface area contributed by atoms with Crippen molar-refractivity contribution in [3.8, 4) is 5.75 Å². The summed E-state index contributed by atoms with van der Waals surface area (Å²) in [5.41, 5.74) is 3.43. The molecule has 0 bridgehead atoms. The van der Waals surface area contributed by atoms with Crippen molar-refractivity contribution >= 4 is 5.82 Å². The highest BCUT2D eigenvalue weighted by Gasteiger charge is 2.09. The van der Waals surface area contributed by atoms with Crippen LogP contribution in [-0.2, 0) is 13.1 Å². The molecule has 2 aromatic rings. The van der Waals surface area contributed by atoms with E-state index in [2.05, 4.69) is 40.4 Å². The van der Waals surface area contributed by atoms with Crippen molar-refractivity contribution in [1.82, 2.24) is 10.3 Å². The Morgan fingerprint density at radius 2 is 2.00 bits per heavy atom. The van der Waals surface area contributed by atoms with Crippen LogP contribution in [0.2, 0.25) is 0 Å². The van der Waals surface area contributed by atoms with Crippen LogP contribution >= 0.6 is 0 Å². The van der Waals surface area contributed by atoms with Crippen LogP contribution in [0.4, 0.5) is 5.82 Å². The van der Waals surface area contributed by atoms with E-state index < -0.39 is 0 Å². The molecule has 0 aliphatic heterocycles. The van der Waals surface area contributed by atoms with Gasteiger partial charge in [0.2, 0.25) is 0 Å². The topological polar surface area (TPSA) is 37.4 Å². The lowest BCUT2D eigenvalue weighted by Crippen LogP contribution is -2.19.